The zero-order chi connectivity index (χ0) is 17.5. The molecule has 0 aliphatic heterocycles. The Bertz CT molecular complexity index is 839. The first-order valence-corrected chi connectivity index (χ1v) is 9.81. The molecule has 0 spiro atoms. The van der Waals surface area contributed by atoms with E-state index >= 15 is 0 Å². The van der Waals surface area contributed by atoms with Crippen LogP contribution in [-0.2, 0) is 11.5 Å². The number of hydrogen-bond acceptors (Lipinski definition) is 4. The van der Waals surface area contributed by atoms with Gasteiger partial charge in [0.25, 0.3) is 5.69 Å². The van der Waals surface area contributed by atoms with Crippen molar-refractivity contribution in [2.75, 3.05) is 0 Å². The first kappa shape index (κ1) is 17.6. The lowest BCUT2D eigenvalue weighted by atomic mass is 10.2. The number of nitrogens with zero attached hydrogens (tertiary/aromatic N) is 1. The van der Waals surface area contributed by atoms with Crippen molar-refractivity contribution in [3.05, 3.63) is 100 Å². The second-order valence-electron chi connectivity index (χ2n) is 5.44. The van der Waals surface area contributed by atoms with Crippen LogP contribution in [0, 0.1) is 10.1 Å². The molecule has 0 aliphatic carbocycles. The number of nitro groups is 1. The van der Waals surface area contributed by atoms with Gasteiger partial charge in [-0.1, -0.05) is 60.7 Å². The van der Waals surface area contributed by atoms with Gasteiger partial charge in [-0.2, -0.15) is 0 Å². The molecule has 5 heteroatoms. The Hall–Kier alpha value is -2.24. The maximum absolute atomic E-state index is 11.3. The third-order valence-electron chi connectivity index (χ3n) is 3.61. The molecule has 126 valence electrons. The fourth-order valence-corrected chi connectivity index (χ4v) is 4.31. The Kier molecular flexibility index (Phi) is 6.14. The van der Waals surface area contributed by atoms with Crippen molar-refractivity contribution in [2.24, 2.45) is 0 Å². The van der Waals surface area contributed by atoms with Crippen LogP contribution < -0.4 is 0 Å². The summed E-state index contributed by atoms with van der Waals surface area (Å²) in [4.78, 5) is 12.8. The molecule has 0 saturated heterocycles. The topological polar surface area (TPSA) is 43.1 Å². The van der Waals surface area contributed by atoms with Crippen LogP contribution in [0.25, 0.3) is 0 Å². The van der Waals surface area contributed by atoms with Crippen LogP contribution in [0.4, 0.5) is 5.69 Å². The largest absolute Gasteiger partial charge is 0.282 e. The second kappa shape index (κ2) is 8.74. The van der Waals surface area contributed by atoms with Crippen LogP contribution >= 0.6 is 23.5 Å². The lowest BCUT2D eigenvalue weighted by Gasteiger charge is -2.07. The molecule has 3 aromatic rings. The Balaban J connectivity index is 1.73. The van der Waals surface area contributed by atoms with Crippen LogP contribution in [0.1, 0.15) is 11.1 Å². The maximum atomic E-state index is 11.3. The van der Waals surface area contributed by atoms with E-state index in [0.29, 0.717) is 10.6 Å². The number of nitro benzene ring substituents is 1. The lowest BCUT2D eigenvalue weighted by molar-refractivity contribution is -0.387. The van der Waals surface area contributed by atoms with E-state index in [1.165, 1.54) is 17.3 Å². The predicted molar refractivity (Wildman–Crippen MR) is 105 cm³/mol. The summed E-state index contributed by atoms with van der Waals surface area (Å²) in [5.41, 5.74) is 2.57. The average Bonchev–Trinajstić information content (AvgIpc) is 2.66. The highest BCUT2D eigenvalue weighted by Crippen LogP contribution is 2.35. The molecule has 25 heavy (non-hydrogen) atoms. The van der Waals surface area contributed by atoms with Crippen molar-refractivity contribution in [1.29, 1.82) is 0 Å². The summed E-state index contributed by atoms with van der Waals surface area (Å²) in [5, 5.41) is 11.3. The van der Waals surface area contributed by atoms with Gasteiger partial charge < -0.3 is 0 Å². The predicted octanol–water partition coefficient (Wildman–Crippen LogP) is 6.18. The molecule has 0 bridgehead atoms. The highest BCUT2D eigenvalue weighted by molar-refractivity contribution is 7.99. The fourth-order valence-electron chi connectivity index (χ4n) is 2.33. The van der Waals surface area contributed by atoms with Crippen molar-refractivity contribution in [3.8, 4) is 0 Å². The molecule has 3 nitrogen and oxygen atoms in total. The van der Waals surface area contributed by atoms with Gasteiger partial charge >= 0.3 is 0 Å². The van der Waals surface area contributed by atoms with Gasteiger partial charge in [0.15, 0.2) is 0 Å². The van der Waals surface area contributed by atoms with Gasteiger partial charge in [-0.25, -0.2) is 0 Å². The van der Waals surface area contributed by atoms with Crippen molar-refractivity contribution >= 4 is 29.2 Å². The summed E-state index contributed by atoms with van der Waals surface area (Å²) in [6.07, 6.45) is 0. The maximum Gasteiger partial charge on any atom is 0.282 e. The molecule has 0 unspecified atom stereocenters. The van der Waals surface area contributed by atoms with E-state index in [-0.39, 0.29) is 10.6 Å². The van der Waals surface area contributed by atoms with E-state index in [0.717, 1.165) is 16.2 Å². The van der Waals surface area contributed by atoms with E-state index in [1.807, 2.05) is 60.7 Å². The fraction of sp³-hybridized carbons (Fsp3) is 0.100. The molecule has 0 fully saturated rings. The van der Waals surface area contributed by atoms with Gasteiger partial charge in [-0.15, -0.1) is 23.5 Å². The quantitative estimate of drug-likeness (QED) is 0.284. The van der Waals surface area contributed by atoms with Gasteiger partial charge in [0.1, 0.15) is 0 Å². The Labute approximate surface area is 155 Å². The summed E-state index contributed by atoms with van der Waals surface area (Å²) < 4.78 is 0. The molecule has 0 saturated carbocycles. The SMILES string of the molecule is O=[N+]([O-])c1ccc(SCc2ccccc2)cc1SCc1ccccc1. The van der Waals surface area contributed by atoms with Crippen molar-refractivity contribution in [1.82, 2.24) is 0 Å². The minimum Gasteiger partial charge on any atom is -0.258 e. The minimum atomic E-state index is -0.307. The minimum absolute atomic E-state index is 0.171. The first-order valence-electron chi connectivity index (χ1n) is 7.84. The zero-order valence-electron chi connectivity index (χ0n) is 13.5. The van der Waals surface area contributed by atoms with Crippen LogP contribution in [0.2, 0.25) is 0 Å². The molecule has 0 amide bonds. The van der Waals surface area contributed by atoms with Crippen molar-refractivity contribution in [2.45, 2.75) is 21.3 Å². The smallest absolute Gasteiger partial charge is 0.258 e. The number of rotatable bonds is 7. The van der Waals surface area contributed by atoms with E-state index < -0.39 is 0 Å². The number of hydrogen-bond donors (Lipinski definition) is 0. The van der Waals surface area contributed by atoms with Gasteiger partial charge in [0.05, 0.1) is 9.82 Å². The molecule has 0 radical (unpaired) electrons. The monoisotopic (exact) mass is 367 g/mol. The third kappa shape index (κ3) is 5.11. The van der Waals surface area contributed by atoms with E-state index in [1.54, 1.807) is 17.8 Å². The highest BCUT2D eigenvalue weighted by atomic mass is 32.2. The molecule has 3 rings (SSSR count). The first-order chi connectivity index (χ1) is 12.2. The second-order valence-corrected chi connectivity index (χ2v) is 7.50. The summed E-state index contributed by atoms with van der Waals surface area (Å²) in [7, 11) is 0. The summed E-state index contributed by atoms with van der Waals surface area (Å²) in [6.45, 7) is 0. The van der Waals surface area contributed by atoms with Gasteiger partial charge in [0, 0.05) is 22.5 Å². The van der Waals surface area contributed by atoms with Gasteiger partial charge in [-0.3, -0.25) is 10.1 Å². The Morgan fingerprint density at radius 2 is 1.32 bits per heavy atom. The summed E-state index contributed by atoms with van der Waals surface area (Å²) >= 11 is 3.20. The van der Waals surface area contributed by atoms with E-state index in [2.05, 4.69) is 12.1 Å². The van der Waals surface area contributed by atoms with Crippen LogP contribution in [-0.4, -0.2) is 4.92 Å². The standard InChI is InChI=1S/C20H17NO2S2/c22-21(23)19-12-11-18(24-14-16-7-3-1-4-8-16)13-20(19)25-15-17-9-5-2-6-10-17/h1-13H,14-15H2. The zero-order valence-corrected chi connectivity index (χ0v) is 15.1. The van der Waals surface area contributed by atoms with Crippen molar-refractivity contribution < 1.29 is 4.92 Å². The molecule has 0 heterocycles. The molecule has 0 N–H and O–H groups in total. The van der Waals surface area contributed by atoms with Crippen LogP contribution in [0.5, 0.6) is 0 Å². The van der Waals surface area contributed by atoms with Gasteiger partial charge in [0.2, 0.25) is 0 Å². The van der Waals surface area contributed by atoms with Crippen LogP contribution in [0.15, 0.2) is 88.7 Å². The van der Waals surface area contributed by atoms with E-state index in [4.69, 9.17) is 0 Å². The highest BCUT2D eigenvalue weighted by Gasteiger charge is 2.15. The normalized spacial score (nSPS) is 10.6. The summed E-state index contributed by atoms with van der Waals surface area (Å²) in [5.74, 6) is 1.57. The van der Waals surface area contributed by atoms with Gasteiger partial charge in [-0.05, 0) is 23.3 Å². The van der Waals surface area contributed by atoms with Crippen LogP contribution in [0.3, 0.4) is 0 Å². The summed E-state index contributed by atoms with van der Waals surface area (Å²) in [6, 6.07) is 25.6. The molecular weight excluding hydrogens is 350 g/mol. The molecule has 0 aromatic heterocycles. The molecule has 3 aromatic carbocycles. The number of thioether (sulfide) groups is 2. The molecule has 0 atom stereocenters. The third-order valence-corrected chi connectivity index (χ3v) is 5.79. The average molecular weight is 367 g/mol. The molecule has 0 aliphatic rings. The Morgan fingerprint density at radius 1 is 0.760 bits per heavy atom. The number of benzene rings is 3. The van der Waals surface area contributed by atoms with Crippen molar-refractivity contribution in [3.63, 3.8) is 0 Å². The van der Waals surface area contributed by atoms with E-state index in [9.17, 15) is 10.1 Å². The Morgan fingerprint density at radius 3 is 1.88 bits per heavy atom. The molecular formula is C20H17NO2S2. The lowest BCUT2D eigenvalue weighted by Crippen LogP contribution is -1.92.